The molecule has 5 heteroatoms. The van der Waals surface area contributed by atoms with Crippen LogP contribution in [0.25, 0.3) is 0 Å². The zero-order valence-electron chi connectivity index (χ0n) is 15.5. The van der Waals surface area contributed by atoms with Crippen LogP contribution in [0.15, 0.2) is 11.6 Å². The van der Waals surface area contributed by atoms with Crippen molar-refractivity contribution in [2.45, 2.75) is 83.9 Å². The highest BCUT2D eigenvalue weighted by atomic mass is 16.6. The minimum atomic E-state index is -1.11. The second-order valence-corrected chi connectivity index (χ2v) is 9.41. The molecule has 0 aromatic rings. The Morgan fingerprint density at radius 3 is 2.64 bits per heavy atom. The van der Waals surface area contributed by atoms with E-state index in [1.807, 2.05) is 0 Å². The van der Waals surface area contributed by atoms with Crippen molar-refractivity contribution in [1.29, 1.82) is 0 Å². The molecule has 0 radical (unpaired) electrons. The Balaban J connectivity index is 1.64. The van der Waals surface area contributed by atoms with Gasteiger partial charge in [-0.15, -0.1) is 0 Å². The first-order valence-electron chi connectivity index (χ1n) is 9.65. The van der Waals surface area contributed by atoms with E-state index in [-0.39, 0.29) is 22.3 Å². The Morgan fingerprint density at radius 1 is 1.20 bits per heavy atom. The molecule has 1 spiro atoms. The van der Waals surface area contributed by atoms with E-state index >= 15 is 0 Å². The summed E-state index contributed by atoms with van der Waals surface area (Å²) >= 11 is 0. The van der Waals surface area contributed by atoms with Gasteiger partial charge < -0.3 is 19.7 Å². The van der Waals surface area contributed by atoms with Crippen LogP contribution in [0, 0.1) is 22.7 Å². The molecular weight excluding hydrogens is 320 g/mol. The van der Waals surface area contributed by atoms with Gasteiger partial charge in [0, 0.05) is 11.0 Å². The van der Waals surface area contributed by atoms with Crippen LogP contribution in [0.1, 0.15) is 65.7 Å². The first-order chi connectivity index (χ1) is 11.7. The maximum Gasteiger partial charge on any atom is 0.336 e. The van der Waals surface area contributed by atoms with Gasteiger partial charge in [-0.3, -0.25) is 0 Å². The Labute approximate surface area is 149 Å². The van der Waals surface area contributed by atoms with E-state index in [1.165, 1.54) is 12.5 Å². The Kier molecular flexibility index (Phi) is 3.88. The number of cyclic esters (lactones) is 1. The van der Waals surface area contributed by atoms with Crippen molar-refractivity contribution in [3.63, 3.8) is 0 Å². The topological polar surface area (TPSA) is 76.0 Å². The lowest BCUT2D eigenvalue weighted by atomic mass is 9.45. The molecule has 4 aliphatic rings. The summed E-state index contributed by atoms with van der Waals surface area (Å²) in [6, 6.07) is 0. The van der Waals surface area contributed by atoms with Gasteiger partial charge in [0.1, 0.15) is 0 Å². The van der Waals surface area contributed by atoms with Gasteiger partial charge in [0.2, 0.25) is 6.29 Å². The maximum absolute atomic E-state index is 11.8. The molecule has 2 N–H and O–H groups in total. The molecule has 1 unspecified atom stereocenters. The Hall–Kier alpha value is -0.910. The molecule has 2 heterocycles. The molecule has 0 aromatic heterocycles. The molecule has 1 saturated heterocycles. The average molecular weight is 350 g/mol. The van der Waals surface area contributed by atoms with E-state index in [9.17, 15) is 15.0 Å². The summed E-state index contributed by atoms with van der Waals surface area (Å²) in [5.74, 6) is 0.250. The molecule has 25 heavy (non-hydrogen) atoms. The van der Waals surface area contributed by atoms with Gasteiger partial charge in [-0.25, -0.2) is 4.79 Å². The normalized spacial score (nSPS) is 48.0. The molecule has 4 rings (SSSR count). The largest absolute Gasteiger partial charge is 0.429 e. The summed E-state index contributed by atoms with van der Waals surface area (Å²) in [4.78, 5) is 11.8. The van der Waals surface area contributed by atoms with Crippen LogP contribution < -0.4 is 0 Å². The molecule has 2 aliphatic heterocycles. The molecule has 140 valence electrons. The third-order valence-corrected chi connectivity index (χ3v) is 7.72. The SMILES string of the molecule is CC1(C)CCC[C@]23[C@@H](CCC4=CC(O)OC4=O)[C@](C)(CC[C@@H]12)O[C@@H]3O. The van der Waals surface area contributed by atoms with E-state index < -0.39 is 18.5 Å². The smallest absolute Gasteiger partial charge is 0.336 e. The van der Waals surface area contributed by atoms with E-state index in [1.54, 1.807) is 0 Å². The second-order valence-electron chi connectivity index (χ2n) is 9.41. The Bertz CT molecular complexity index is 611. The Morgan fingerprint density at radius 2 is 1.96 bits per heavy atom. The zero-order chi connectivity index (χ0) is 18.0. The summed E-state index contributed by atoms with van der Waals surface area (Å²) in [6.07, 6.45) is 6.39. The lowest BCUT2D eigenvalue weighted by Crippen LogP contribution is -2.56. The second kappa shape index (κ2) is 5.54. The molecule has 6 atom stereocenters. The van der Waals surface area contributed by atoms with E-state index in [4.69, 9.17) is 9.47 Å². The number of ether oxygens (including phenoxy) is 2. The summed E-state index contributed by atoms with van der Waals surface area (Å²) in [6.45, 7) is 6.79. The zero-order valence-corrected chi connectivity index (χ0v) is 15.5. The van der Waals surface area contributed by atoms with Gasteiger partial charge in [0.25, 0.3) is 0 Å². The van der Waals surface area contributed by atoms with Crippen molar-refractivity contribution in [3.8, 4) is 0 Å². The van der Waals surface area contributed by atoms with E-state index in [0.717, 1.165) is 32.1 Å². The summed E-state index contributed by atoms with van der Waals surface area (Å²) in [5, 5.41) is 20.5. The van der Waals surface area contributed by atoms with Gasteiger partial charge in [-0.1, -0.05) is 20.3 Å². The van der Waals surface area contributed by atoms with E-state index in [2.05, 4.69) is 20.8 Å². The number of hydrogen-bond donors (Lipinski definition) is 2. The summed E-state index contributed by atoms with van der Waals surface area (Å²) < 4.78 is 11.0. The first-order valence-corrected chi connectivity index (χ1v) is 9.65. The van der Waals surface area contributed by atoms with Crippen LogP contribution >= 0.6 is 0 Å². The quantitative estimate of drug-likeness (QED) is 0.766. The van der Waals surface area contributed by atoms with Crippen LogP contribution in [-0.2, 0) is 14.3 Å². The number of rotatable bonds is 3. The van der Waals surface area contributed by atoms with Crippen LogP contribution in [0.3, 0.4) is 0 Å². The molecule has 0 aromatic carbocycles. The fourth-order valence-electron chi connectivity index (χ4n) is 6.67. The van der Waals surface area contributed by atoms with Gasteiger partial charge >= 0.3 is 5.97 Å². The van der Waals surface area contributed by atoms with Crippen LogP contribution in [-0.4, -0.2) is 34.4 Å². The lowest BCUT2D eigenvalue weighted by molar-refractivity contribution is -0.177. The minimum absolute atomic E-state index is 0.203. The number of fused-ring (bicyclic) bond motifs is 1. The highest BCUT2D eigenvalue weighted by Crippen LogP contribution is 2.69. The lowest BCUT2D eigenvalue weighted by Gasteiger charge is -2.58. The molecule has 2 bridgehead atoms. The molecule has 3 fully saturated rings. The molecule has 2 aliphatic carbocycles. The standard InChI is InChI=1S/C20H30O5/c1-18(2)8-4-9-20-13(18)7-10-19(3,25-17(20)23)14(20)6-5-12-11-15(21)24-16(12)22/h11,13-15,17,21,23H,4-10H2,1-3H3/t13-,14-,15?,17-,19-,20+/m0/s1. The maximum atomic E-state index is 11.8. The van der Waals surface area contributed by atoms with Crippen molar-refractivity contribution >= 4 is 5.97 Å². The number of hydrogen-bond acceptors (Lipinski definition) is 5. The van der Waals surface area contributed by atoms with E-state index in [0.29, 0.717) is 17.9 Å². The van der Waals surface area contributed by atoms with Crippen molar-refractivity contribution in [2.24, 2.45) is 22.7 Å². The van der Waals surface area contributed by atoms with Crippen LogP contribution in [0.2, 0.25) is 0 Å². The fraction of sp³-hybridized carbons (Fsp3) is 0.850. The predicted molar refractivity (Wildman–Crippen MR) is 91.2 cm³/mol. The molecular formula is C20H30O5. The summed E-state index contributed by atoms with van der Waals surface area (Å²) in [5.41, 5.74) is 0.217. The highest BCUT2D eigenvalue weighted by molar-refractivity contribution is 5.90. The fourth-order valence-corrected chi connectivity index (χ4v) is 6.67. The van der Waals surface area contributed by atoms with Crippen molar-refractivity contribution in [3.05, 3.63) is 11.6 Å². The summed E-state index contributed by atoms with van der Waals surface area (Å²) in [7, 11) is 0. The average Bonchev–Trinajstić information content (AvgIpc) is 2.87. The van der Waals surface area contributed by atoms with Crippen molar-refractivity contribution in [2.75, 3.05) is 0 Å². The predicted octanol–water partition coefficient (Wildman–Crippen LogP) is 2.90. The number of carbonyl (C=O) groups excluding carboxylic acids is 1. The third-order valence-electron chi connectivity index (χ3n) is 7.72. The molecule has 2 saturated carbocycles. The van der Waals surface area contributed by atoms with Crippen LogP contribution in [0.4, 0.5) is 0 Å². The number of aliphatic hydroxyl groups excluding tert-OH is 2. The van der Waals surface area contributed by atoms with Gasteiger partial charge in [0.15, 0.2) is 6.29 Å². The minimum Gasteiger partial charge on any atom is -0.429 e. The number of carbonyl (C=O) groups is 1. The van der Waals surface area contributed by atoms with Gasteiger partial charge in [-0.05, 0) is 68.8 Å². The van der Waals surface area contributed by atoms with Crippen LogP contribution in [0.5, 0.6) is 0 Å². The number of aliphatic hydroxyl groups is 2. The van der Waals surface area contributed by atoms with Gasteiger partial charge in [0.05, 0.1) is 5.60 Å². The van der Waals surface area contributed by atoms with Gasteiger partial charge in [-0.2, -0.15) is 0 Å². The highest BCUT2D eigenvalue weighted by Gasteiger charge is 2.69. The van der Waals surface area contributed by atoms with Crippen molar-refractivity contribution in [1.82, 2.24) is 0 Å². The van der Waals surface area contributed by atoms with Crippen molar-refractivity contribution < 1.29 is 24.5 Å². The monoisotopic (exact) mass is 350 g/mol. The number of esters is 1. The third kappa shape index (κ3) is 2.42. The molecule has 0 amide bonds. The molecule has 5 nitrogen and oxygen atoms in total. The first kappa shape index (κ1) is 17.5.